The van der Waals surface area contributed by atoms with E-state index in [-0.39, 0.29) is 5.69 Å². The largest absolute Gasteiger partial charge is 0.327 e. The third-order valence-electron chi connectivity index (χ3n) is 1.74. The summed E-state index contributed by atoms with van der Waals surface area (Å²) in [6.45, 7) is 2.26. The van der Waals surface area contributed by atoms with E-state index in [0.717, 1.165) is 11.1 Å². The molecule has 0 bridgehead atoms. The summed E-state index contributed by atoms with van der Waals surface area (Å²) in [7, 11) is 0. The average Bonchev–Trinajstić information content (AvgIpc) is 2.14. The molecule has 4 nitrogen and oxygen atoms in total. The van der Waals surface area contributed by atoms with E-state index in [0.29, 0.717) is 6.54 Å². The van der Waals surface area contributed by atoms with Crippen LogP contribution in [0.5, 0.6) is 0 Å². The fourth-order valence-electron chi connectivity index (χ4n) is 1.20. The van der Waals surface area contributed by atoms with Crippen molar-refractivity contribution in [2.75, 3.05) is 6.54 Å². The van der Waals surface area contributed by atoms with Crippen LogP contribution >= 0.6 is 0 Å². The zero-order valence-electron chi connectivity index (χ0n) is 7.93. The highest BCUT2D eigenvalue weighted by molar-refractivity contribution is 5.55. The topological polar surface area (TPSA) is 69.2 Å². The second kappa shape index (κ2) is 4.53. The lowest BCUT2D eigenvalue weighted by atomic mass is 10.1. The first-order valence-corrected chi connectivity index (χ1v) is 4.26. The molecular weight excluding hydrogens is 180 g/mol. The molecule has 0 unspecified atom stereocenters. The first kappa shape index (κ1) is 10.4. The molecule has 0 heterocycles. The fraction of sp³-hybridized carbons (Fsp3) is 0.200. The van der Waals surface area contributed by atoms with Gasteiger partial charge < -0.3 is 5.73 Å². The number of hydrogen-bond donors (Lipinski definition) is 1. The summed E-state index contributed by atoms with van der Waals surface area (Å²) < 4.78 is 0. The van der Waals surface area contributed by atoms with Gasteiger partial charge in [0.25, 0.3) is 5.69 Å². The van der Waals surface area contributed by atoms with Crippen molar-refractivity contribution < 1.29 is 4.92 Å². The maximum absolute atomic E-state index is 10.5. The number of aryl methyl sites for hydroxylation is 1. The summed E-state index contributed by atoms with van der Waals surface area (Å²) in [5.41, 5.74) is 7.08. The highest BCUT2D eigenvalue weighted by Gasteiger charge is 2.05. The monoisotopic (exact) mass is 192 g/mol. The number of benzene rings is 1. The summed E-state index contributed by atoms with van der Waals surface area (Å²) in [6.07, 6.45) is 3.54. The van der Waals surface area contributed by atoms with Gasteiger partial charge in [-0.3, -0.25) is 10.1 Å². The van der Waals surface area contributed by atoms with Crippen molar-refractivity contribution in [3.8, 4) is 0 Å². The smallest absolute Gasteiger partial charge is 0.270 e. The summed E-state index contributed by atoms with van der Waals surface area (Å²) in [4.78, 5) is 10.1. The average molecular weight is 192 g/mol. The molecule has 0 aliphatic heterocycles. The number of nitro groups is 1. The van der Waals surface area contributed by atoms with Crippen molar-refractivity contribution in [3.63, 3.8) is 0 Å². The van der Waals surface area contributed by atoms with Crippen LogP contribution < -0.4 is 5.73 Å². The standard InChI is InChI=1S/C10H12N2O2/c1-8-5-9(3-2-4-11)7-10(6-8)12(13)14/h2-3,5-7H,4,11H2,1H3. The quantitative estimate of drug-likeness (QED) is 0.587. The Labute approximate surface area is 82.2 Å². The van der Waals surface area contributed by atoms with Crippen molar-refractivity contribution >= 4 is 11.8 Å². The van der Waals surface area contributed by atoms with Gasteiger partial charge in [-0.2, -0.15) is 0 Å². The molecule has 0 fully saturated rings. The van der Waals surface area contributed by atoms with Gasteiger partial charge in [0.2, 0.25) is 0 Å². The second-order valence-corrected chi connectivity index (χ2v) is 3.00. The molecule has 14 heavy (non-hydrogen) atoms. The summed E-state index contributed by atoms with van der Waals surface area (Å²) >= 11 is 0. The number of hydrogen-bond acceptors (Lipinski definition) is 3. The minimum atomic E-state index is -0.396. The normalized spacial score (nSPS) is 10.7. The Kier molecular flexibility index (Phi) is 3.36. The van der Waals surface area contributed by atoms with Gasteiger partial charge in [-0.1, -0.05) is 18.2 Å². The molecular formula is C10H12N2O2. The Morgan fingerprint density at radius 1 is 1.50 bits per heavy atom. The van der Waals surface area contributed by atoms with E-state index in [1.165, 1.54) is 6.07 Å². The van der Waals surface area contributed by atoms with E-state index in [1.54, 1.807) is 18.2 Å². The molecule has 1 rings (SSSR count). The molecule has 0 saturated heterocycles. The van der Waals surface area contributed by atoms with E-state index < -0.39 is 4.92 Å². The van der Waals surface area contributed by atoms with Crippen LogP contribution in [0.25, 0.3) is 6.08 Å². The Bertz CT molecular complexity index is 372. The third kappa shape index (κ3) is 2.67. The number of rotatable bonds is 3. The minimum absolute atomic E-state index is 0.113. The maximum Gasteiger partial charge on any atom is 0.270 e. The third-order valence-corrected chi connectivity index (χ3v) is 1.74. The zero-order valence-corrected chi connectivity index (χ0v) is 7.93. The molecule has 0 saturated carbocycles. The lowest BCUT2D eigenvalue weighted by Crippen LogP contribution is -1.93. The molecule has 0 aliphatic rings. The van der Waals surface area contributed by atoms with Crippen LogP contribution in [0.2, 0.25) is 0 Å². The second-order valence-electron chi connectivity index (χ2n) is 3.00. The van der Waals surface area contributed by atoms with Gasteiger partial charge in [0.15, 0.2) is 0 Å². The molecule has 2 N–H and O–H groups in total. The Morgan fingerprint density at radius 2 is 2.21 bits per heavy atom. The van der Waals surface area contributed by atoms with E-state index in [9.17, 15) is 10.1 Å². The summed E-state index contributed by atoms with van der Waals surface area (Å²) in [5.74, 6) is 0. The highest BCUT2D eigenvalue weighted by atomic mass is 16.6. The number of nitro benzene ring substituents is 1. The minimum Gasteiger partial charge on any atom is -0.327 e. The van der Waals surface area contributed by atoms with Gasteiger partial charge in [-0.25, -0.2) is 0 Å². The van der Waals surface area contributed by atoms with Gasteiger partial charge in [0.05, 0.1) is 4.92 Å². The molecule has 0 amide bonds. The van der Waals surface area contributed by atoms with Gasteiger partial charge >= 0.3 is 0 Å². The van der Waals surface area contributed by atoms with Crippen LogP contribution in [0.1, 0.15) is 11.1 Å². The Hall–Kier alpha value is -1.68. The van der Waals surface area contributed by atoms with E-state index in [4.69, 9.17) is 5.73 Å². The van der Waals surface area contributed by atoms with Crippen molar-refractivity contribution in [3.05, 3.63) is 45.5 Å². The van der Waals surface area contributed by atoms with Crippen LogP contribution in [0.3, 0.4) is 0 Å². The zero-order chi connectivity index (χ0) is 10.6. The maximum atomic E-state index is 10.5. The van der Waals surface area contributed by atoms with Crippen LogP contribution in [-0.4, -0.2) is 11.5 Å². The first-order valence-electron chi connectivity index (χ1n) is 4.26. The Balaban J connectivity index is 3.07. The number of nitrogens with two attached hydrogens (primary N) is 1. The van der Waals surface area contributed by atoms with Gasteiger partial charge in [0, 0.05) is 18.7 Å². The molecule has 0 aromatic heterocycles. The van der Waals surface area contributed by atoms with Gasteiger partial charge in [-0.05, 0) is 18.1 Å². The van der Waals surface area contributed by atoms with Crippen molar-refractivity contribution in [2.24, 2.45) is 5.73 Å². The fourth-order valence-corrected chi connectivity index (χ4v) is 1.20. The molecule has 0 atom stereocenters. The van der Waals surface area contributed by atoms with Crippen molar-refractivity contribution in [1.29, 1.82) is 0 Å². The van der Waals surface area contributed by atoms with Crippen LogP contribution in [-0.2, 0) is 0 Å². The van der Waals surface area contributed by atoms with Gasteiger partial charge in [-0.15, -0.1) is 0 Å². The highest BCUT2D eigenvalue weighted by Crippen LogP contribution is 2.17. The SMILES string of the molecule is Cc1cc(C=CCN)cc([N+](=O)[O-])c1. The van der Waals surface area contributed by atoms with Crippen LogP contribution in [0.15, 0.2) is 24.3 Å². The first-order chi connectivity index (χ1) is 6.63. The molecule has 0 spiro atoms. The predicted molar refractivity (Wildman–Crippen MR) is 55.9 cm³/mol. The van der Waals surface area contributed by atoms with Crippen molar-refractivity contribution in [1.82, 2.24) is 0 Å². The lowest BCUT2D eigenvalue weighted by molar-refractivity contribution is -0.384. The van der Waals surface area contributed by atoms with E-state index >= 15 is 0 Å². The lowest BCUT2D eigenvalue weighted by Gasteiger charge is -1.97. The molecule has 1 aromatic rings. The molecule has 0 radical (unpaired) electrons. The summed E-state index contributed by atoms with van der Waals surface area (Å²) in [6, 6.07) is 4.94. The molecule has 4 heteroatoms. The molecule has 0 aliphatic carbocycles. The summed E-state index contributed by atoms with van der Waals surface area (Å²) in [5, 5.41) is 10.5. The predicted octanol–water partition coefficient (Wildman–Crippen LogP) is 1.88. The van der Waals surface area contributed by atoms with Gasteiger partial charge in [0.1, 0.15) is 0 Å². The van der Waals surface area contributed by atoms with E-state index in [1.807, 2.05) is 13.0 Å². The van der Waals surface area contributed by atoms with Crippen molar-refractivity contribution in [2.45, 2.75) is 6.92 Å². The van der Waals surface area contributed by atoms with Crippen LogP contribution in [0, 0.1) is 17.0 Å². The molecule has 1 aromatic carbocycles. The molecule has 74 valence electrons. The number of non-ortho nitro benzene ring substituents is 1. The van der Waals surface area contributed by atoms with E-state index in [2.05, 4.69) is 0 Å². The van der Waals surface area contributed by atoms with Crippen LogP contribution in [0.4, 0.5) is 5.69 Å². The Morgan fingerprint density at radius 3 is 2.79 bits per heavy atom. The number of nitrogens with zero attached hydrogens (tertiary/aromatic N) is 1.